The van der Waals surface area contributed by atoms with Crippen molar-refractivity contribution in [2.45, 2.75) is 33.1 Å². The van der Waals surface area contributed by atoms with E-state index < -0.39 is 0 Å². The SMILES string of the molecule is Cc1nccn1-c1ncc(NC(=O)Nc2ccc(C(C)(C)C)cc2)cn1. The van der Waals surface area contributed by atoms with Crippen LogP contribution in [-0.4, -0.2) is 25.6 Å². The molecule has 0 saturated carbocycles. The van der Waals surface area contributed by atoms with Gasteiger partial charge in [0.25, 0.3) is 0 Å². The van der Waals surface area contributed by atoms with Crippen LogP contribution >= 0.6 is 0 Å². The van der Waals surface area contributed by atoms with E-state index in [9.17, 15) is 4.79 Å². The number of hydrogen-bond acceptors (Lipinski definition) is 4. The largest absolute Gasteiger partial charge is 0.323 e. The zero-order valence-electron chi connectivity index (χ0n) is 15.3. The quantitative estimate of drug-likeness (QED) is 0.750. The first-order valence-electron chi connectivity index (χ1n) is 8.34. The minimum absolute atomic E-state index is 0.0769. The Kier molecular flexibility index (Phi) is 4.71. The Bertz CT molecular complexity index is 891. The Morgan fingerprint density at radius 2 is 1.58 bits per heavy atom. The van der Waals surface area contributed by atoms with E-state index in [1.54, 1.807) is 29.4 Å². The summed E-state index contributed by atoms with van der Waals surface area (Å²) in [4.78, 5) is 24.8. The maximum Gasteiger partial charge on any atom is 0.323 e. The van der Waals surface area contributed by atoms with Gasteiger partial charge in [-0.3, -0.25) is 4.57 Å². The normalized spacial score (nSPS) is 11.2. The summed E-state index contributed by atoms with van der Waals surface area (Å²) in [6.07, 6.45) is 6.59. The van der Waals surface area contributed by atoms with Crippen LogP contribution in [0.2, 0.25) is 0 Å². The lowest BCUT2D eigenvalue weighted by atomic mass is 9.87. The van der Waals surface area contributed by atoms with Crippen molar-refractivity contribution in [2.75, 3.05) is 10.6 Å². The van der Waals surface area contributed by atoms with Crippen LogP contribution in [0.4, 0.5) is 16.2 Å². The maximum absolute atomic E-state index is 12.1. The number of urea groups is 1. The second kappa shape index (κ2) is 6.95. The third-order valence-electron chi connectivity index (χ3n) is 3.95. The Morgan fingerprint density at radius 1 is 0.962 bits per heavy atom. The van der Waals surface area contributed by atoms with Gasteiger partial charge < -0.3 is 10.6 Å². The number of nitrogens with zero attached hydrogens (tertiary/aromatic N) is 4. The Balaban J connectivity index is 1.62. The van der Waals surface area contributed by atoms with Gasteiger partial charge >= 0.3 is 6.03 Å². The number of anilines is 2. The van der Waals surface area contributed by atoms with Crippen LogP contribution in [0.15, 0.2) is 49.1 Å². The third-order valence-corrected chi connectivity index (χ3v) is 3.95. The molecule has 0 spiro atoms. The van der Waals surface area contributed by atoms with E-state index in [1.165, 1.54) is 5.56 Å². The molecule has 0 aliphatic rings. The van der Waals surface area contributed by atoms with Crippen molar-refractivity contribution in [3.8, 4) is 5.95 Å². The molecule has 0 saturated heterocycles. The van der Waals surface area contributed by atoms with Gasteiger partial charge in [0.15, 0.2) is 0 Å². The molecule has 1 aromatic carbocycles. The molecule has 0 fully saturated rings. The summed E-state index contributed by atoms with van der Waals surface area (Å²) in [7, 11) is 0. The van der Waals surface area contributed by atoms with Gasteiger partial charge in [-0.1, -0.05) is 32.9 Å². The molecule has 2 heterocycles. The molecule has 2 amide bonds. The van der Waals surface area contributed by atoms with Gasteiger partial charge in [-0.25, -0.2) is 19.7 Å². The van der Waals surface area contributed by atoms with Crippen LogP contribution in [0, 0.1) is 6.92 Å². The van der Waals surface area contributed by atoms with Crippen molar-refractivity contribution in [1.29, 1.82) is 0 Å². The summed E-state index contributed by atoms with van der Waals surface area (Å²) in [5.74, 6) is 1.30. The van der Waals surface area contributed by atoms with Gasteiger partial charge in [-0.05, 0) is 30.0 Å². The molecule has 2 N–H and O–H groups in total. The first-order valence-corrected chi connectivity index (χ1v) is 8.34. The Hall–Kier alpha value is -3.22. The van der Waals surface area contributed by atoms with Crippen molar-refractivity contribution in [2.24, 2.45) is 0 Å². The number of amides is 2. The predicted molar refractivity (Wildman–Crippen MR) is 102 cm³/mol. The zero-order chi connectivity index (χ0) is 18.7. The average molecular weight is 350 g/mol. The van der Waals surface area contributed by atoms with Crippen LogP contribution in [0.25, 0.3) is 5.95 Å². The fourth-order valence-electron chi connectivity index (χ4n) is 2.45. The summed E-state index contributed by atoms with van der Waals surface area (Å²) in [6.45, 7) is 8.32. The van der Waals surface area contributed by atoms with Crippen LogP contribution in [0.1, 0.15) is 32.2 Å². The predicted octanol–water partition coefficient (Wildman–Crippen LogP) is 3.91. The minimum Gasteiger partial charge on any atom is -0.308 e. The lowest BCUT2D eigenvalue weighted by Gasteiger charge is -2.19. The van der Waals surface area contributed by atoms with E-state index in [1.807, 2.05) is 31.2 Å². The number of nitrogens with one attached hydrogen (secondary N) is 2. The van der Waals surface area contributed by atoms with Crippen molar-refractivity contribution in [3.63, 3.8) is 0 Å². The fourth-order valence-corrected chi connectivity index (χ4v) is 2.45. The van der Waals surface area contributed by atoms with Gasteiger partial charge in [-0.15, -0.1) is 0 Å². The van der Waals surface area contributed by atoms with E-state index in [0.717, 1.165) is 11.5 Å². The summed E-state index contributed by atoms with van der Waals surface area (Å²) in [6, 6.07) is 7.47. The lowest BCUT2D eigenvalue weighted by molar-refractivity contribution is 0.262. The van der Waals surface area contributed by atoms with Gasteiger partial charge in [-0.2, -0.15) is 0 Å². The molecule has 7 heteroatoms. The van der Waals surface area contributed by atoms with Crippen LogP contribution in [0.5, 0.6) is 0 Å². The molecule has 134 valence electrons. The minimum atomic E-state index is -0.344. The van der Waals surface area contributed by atoms with Crippen LogP contribution in [0.3, 0.4) is 0 Å². The first kappa shape index (κ1) is 17.6. The molecule has 2 aromatic heterocycles. The van der Waals surface area contributed by atoms with Crippen molar-refractivity contribution in [3.05, 3.63) is 60.4 Å². The molecule has 3 rings (SSSR count). The van der Waals surface area contributed by atoms with Gasteiger partial charge in [0.1, 0.15) is 5.82 Å². The van der Waals surface area contributed by atoms with E-state index >= 15 is 0 Å². The second-order valence-electron chi connectivity index (χ2n) is 7.02. The number of benzene rings is 1. The number of carbonyl (C=O) groups is 1. The standard InChI is InChI=1S/C19H22N6O/c1-13-20-9-10-25(13)17-21-11-16(12-22-17)24-18(26)23-15-7-5-14(6-8-15)19(2,3)4/h5-12H,1-4H3,(H2,23,24,26). The van der Waals surface area contributed by atoms with E-state index in [4.69, 9.17) is 0 Å². The molecule has 7 nitrogen and oxygen atoms in total. The van der Waals surface area contributed by atoms with E-state index in [-0.39, 0.29) is 11.4 Å². The average Bonchev–Trinajstić information content (AvgIpc) is 3.01. The number of carbonyl (C=O) groups excluding carboxylic acids is 1. The number of rotatable bonds is 3. The molecule has 0 atom stereocenters. The highest BCUT2D eigenvalue weighted by Gasteiger charge is 2.13. The number of hydrogen-bond donors (Lipinski definition) is 2. The number of aryl methyl sites for hydroxylation is 1. The van der Waals surface area contributed by atoms with Gasteiger partial charge in [0.2, 0.25) is 5.95 Å². The highest BCUT2D eigenvalue weighted by molar-refractivity contribution is 5.99. The van der Waals surface area contributed by atoms with Crippen molar-refractivity contribution >= 4 is 17.4 Å². The molecule has 0 radical (unpaired) electrons. The lowest BCUT2D eigenvalue weighted by Crippen LogP contribution is -2.20. The fraction of sp³-hybridized carbons (Fsp3) is 0.263. The van der Waals surface area contributed by atoms with E-state index in [0.29, 0.717) is 11.6 Å². The number of aromatic nitrogens is 4. The van der Waals surface area contributed by atoms with Crippen LogP contribution in [-0.2, 0) is 5.41 Å². The monoisotopic (exact) mass is 350 g/mol. The zero-order valence-corrected chi connectivity index (χ0v) is 15.3. The number of imidazole rings is 1. The molecule has 0 aliphatic carbocycles. The molecular formula is C19H22N6O. The molecule has 0 bridgehead atoms. The van der Waals surface area contributed by atoms with Gasteiger partial charge in [0.05, 0.1) is 18.1 Å². The highest BCUT2D eigenvalue weighted by Crippen LogP contribution is 2.23. The van der Waals surface area contributed by atoms with Gasteiger partial charge in [0, 0.05) is 18.1 Å². The Labute approximate surface area is 152 Å². The summed E-state index contributed by atoms with van der Waals surface area (Å²) in [5, 5.41) is 5.52. The maximum atomic E-state index is 12.1. The topological polar surface area (TPSA) is 84.7 Å². The summed E-state index contributed by atoms with van der Waals surface area (Å²) >= 11 is 0. The molecule has 0 aliphatic heterocycles. The first-order chi connectivity index (χ1) is 12.3. The Morgan fingerprint density at radius 3 is 2.12 bits per heavy atom. The van der Waals surface area contributed by atoms with Crippen LogP contribution < -0.4 is 10.6 Å². The molecule has 26 heavy (non-hydrogen) atoms. The third kappa shape index (κ3) is 4.05. The summed E-state index contributed by atoms with van der Waals surface area (Å²) in [5.41, 5.74) is 2.52. The molecule has 0 unspecified atom stereocenters. The smallest absolute Gasteiger partial charge is 0.308 e. The molecular weight excluding hydrogens is 328 g/mol. The highest BCUT2D eigenvalue weighted by atomic mass is 16.2. The molecule has 3 aromatic rings. The van der Waals surface area contributed by atoms with Crippen molar-refractivity contribution < 1.29 is 4.79 Å². The summed E-state index contributed by atoms with van der Waals surface area (Å²) < 4.78 is 1.76. The van der Waals surface area contributed by atoms with Crippen molar-refractivity contribution in [1.82, 2.24) is 19.5 Å². The van der Waals surface area contributed by atoms with E-state index in [2.05, 4.69) is 46.4 Å². The second-order valence-corrected chi connectivity index (χ2v) is 7.02.